The lowest BCUT2D eigenvalue weighted by molar-refractivity contribution is -0.114. The predicted octanol–water partition coefficient (Wildman–Crippen LogP) is 3.17. The summed E-state index contributed by atoms with van der Waals surface area (Å²) in [5, 5.41) is 8.77. The van der Waals surface area contributed by atoms with Gasteiger partial charge >= 0.3 is 0 Å². The Bertz CT molecular complexity index is 711. The van der Waals surface area contributed by atoms with E-state index in [2.05, 4.69) is 20.9 Å². The minimum Gasteiger partial charge on any atom is -0.354 e. The zero-order chi connectivity index (χ0) is 17.5. The summed E-state index contributed by atoms with van der Waals surface area (Å²) in [6.07, 6.45) is 3.20. The van der Waals surface area contributed by atoms with E-state index in [4.69, 9.17) is 0 Å². The van der Waals surface area contributed by atoms with Gasteiger partial charge < -0.3 is 16.0 Å². The van der Waals surface area contributed by atoms with Crippen LogP contribution >= 0.6 is 0 Å². The highest BCUT2D eigenvalue weighted by Crippen LogP contribution is 2.19. The number of nitrogens with one attached hydrogen (secondary N) is 3. The van der Waals surface area contributed by atoms with E-state index in [1.165, 1.54) is 6.92 Å². The van der Waals surface area contributed by atoms with Crippen LogP contribution in [0.1, 0.15) is 31.1 Å². The molecular formula is C18H22N4O2. The minimum absolute atomic E-state index is 0.111. The Morgan fingerprint density at radius 2 is 1.71 bits per heavy atom. The van der Waals surface area contributed by atoms with Crippen LogP contribution in [0.15, 0.2) is 42.7 Å². The summed E-state index contributed by atoms with van der Waals surface area (Å²) < 4.78 is 0. The van der Waals surface area contributed by atoms with Crippen LogP contribution in [0.5, 0.6) is 0 Å². The van der Waals surface area contributed by atoms with Crippen molar-refractivity contribution in [3.05, 3.63) is 48.3 Å². The van der Waals surface area contributed by atoms with Gasteiger partial charge in [0, 0.05) is 31.0 Å². The highest BCUT2D eigenvalue weighted by Gasteiger charge is 2.07. The van der Waals surface area contributed by atoms with E-state index in [0.717, 1.165) is 17.1 Å². The van der Waals surface area contributed by atoms with Crippen LogP contribution in [0, 0.1) is 5.92 Å². The highest BCUT2D eigenvalue weighted by molar-refractivity contribution is 5.95. The van der Waals surface area contributed by atoms with Crippen molar-refractivity contribution in [3.8, 4) is 0 Å². The molecule has 0 aliphatic rings. The maximum atomic E-state index is 12.1. The summed E-state index contributed by atoms with van der Waals surface area (Å²) in [6, 6.07) is 9.05. The lowest BCUT2D eigenvalue weighted by Crippen LogP contribution is -2.27. The van der Waals surface area contributed by atoms with Crippen molar-refractivity contribution < 1.29 is 9.59 Å². The number of hydrogen-bond acceptors (Lipinski definition) is 4. The molecule has 0 radical (unpaired) electrons. The number of rotatable bonds is 6. The van der Waals surface area contributed by atoms with Gasteiger partial charge in [0.15, 0.2) is 0 Å². The molecule has 2 rings (SSSR count). The van der Waals surface area contributed by atoms with Crippen molar-refractivity contribution >= 4 is 28.9 Å². The Kier molecular flexibility index (Phi) is 5.89. The Hall–Kier alpha value is -2.89. The fourth-order valence-corrected chi connectivity index (χ4v) is 2.04. The largest absolute Gasteiger partial charge is 0.354 e. The van der Waals surface area contributed by atoms with Gasteiger partial charge in [0.05, 0.1) is 17.4 Å². The summed E-state index contributed by atoms with van der Waals surface area (Å²) in [6.45, 7) is 6.18. The molecule has 0 aliphatic heterocycles. The number of carbonyl (C=O) groups is 2. The molecule has 0 aliphatic carbocycles. The average Bonchev–Trinajstić information content (AvgIpc) is 2.54. The molecule has 2 aromatic rings. The summed E-state index contributed by atoms with van der Waals surface area (Å²) >= 11 is 0. The molecule has 0 saturated carbocycles. The molecule has 6 nitrogen and oxygen atoms in total. The van der Waals surface area contributed by atoms with Gasteiger partial charge in [-0.2, -0.15) is 0 Å². The molecule has 1 heterocycles. The van der Waals surface area contributed by atoms with Crippen molar-refractivity contribution in [2.24, 2.45) is 5.92 Å². The SMILES string of the molecule is CC(=O)Nc1ccc(Nc2cncc(C(=O)NCC(C)C)c2)cc1. The molecule has 126 valence electrons. The second-order valence-corrected chi connectivity index (χ2v) is 5.95. The number of amides is 2. The Morgan fingerprint density at radius 1 is 1.04 bits per heavy atom. The molecule has 0 atom stereocenters. The Balaban J connectivity index is 2.03. The van der Waals surface area contributed by atoms with Gasteiger partial charge in [-0.25, -0.2) is 0 Å². The highest BCUT2D eigenvalue weighted by atomic mass is 16.2. The average molecular weight is 326 g/mol. The Morgan fingerprint density at radius 3 is 2.33 bits per heavy atom. The lowest BCUT2D eigenvalue weighted by atomic mass is 10.2. The molecule has 1 aromatic carbocycles. The molecule has 6 heteroatoms. The molecule has 0 unspecified atom stereocenters. The number of carbonyl (C=O) groups excluding carboxylic acids is 2. The zero-order valence-corrected chi connectivity index (χ0v) is 14.1. The number of nitrogens with zero attached hydrogens (tertiary/aromatic N) is 1. The molecule has 1 aromatic heterocycles. The first-order valence-electron chi connectivity index (χ1n) is 7.82. The van der Waals surface area contributed by atoms with Crippen molar-refractivity contribution in [2.75, 3.05) is 17.2 Å². The van der Waals surface area contributed by atoms with Gasteiger partial charge in [-0.15, -0.1) is 0 Å². The van der Waals surface area contributed by atoms with Crippen LogP contribution < -0.4 is 16.0 Å². The number of benzene rings is 1. The minimum atomic E-state index is -0.138. The lowest BCUT2D eigenvalue weighted by Gasteiger charge is -2.10. The van der Waals surface area contributed by atoms with Crippen molar-refractivity contribution in [2.45, 2.75) is 20.8 Å². The van der Waals surface area contributed by atoms with Crippen LogP contribution in [-0.2, 0) is 4.79 Å². The van der Waals surface area contributed by atoms with Gasteiger partial charge in [-0.05, 0) is 36.2 Å². The first kappa shape index (κ1) is 17.5. The van der Waals surface area contributed by atoms with Crippen molar-refractivity contribution in [1.29, 1.82) is 0 Å². The van der Waals surface area contributed by atoms with E-state index in [1.54, 1.807) is 30.6 Å². The van der Waals surface area contributed by atoms with Crippen LogP contribution in [-0.4, -0.2) is 23.3 Å². The van der Waals surface area contributed by atoms with E-state index < -0.39 is 0 Å². The predicted molar refractivity (Wildman–Crippen MR) is 95.4 cm³/mol. The van der Waals surface area contributed by atoms with E-state index in [0.29, 0.717) is 18.0 Å². The molecule has 2 amide bonds. The summed E-state index contributed by atoms with van der Waals surface area (Å²) in [7, 11) is 0. The van der Waals surface area contributed by atoms with Gasteiger partial charge in [-0.3, -0.25) is 14.6 Å². The summed E-state index contributed by atoms with van der Waals surface area (Å²) in [4.78, 5) is 27.2. The number of pyridine rings is 1. The molecule has 0 fully saturated rings. The standard InChI is InChI=1S/C18H22N4O2/c1-12(2)9-20-18(24)14-8-17(11-19-10-14)22-16-6-4-15(5-7-16)21-13(3)23/h4-8,10-12,22H,9H2,1-3H3,(H,20,24)(H,21,23). The van der Waals surface area contributed by atoms with Gasteiger partial charge in [0.25, 0.3) is 5.91 Å². The van der Waals surface area contributed by atoms with E-state index in [1.807, 2.05) is 26.0 Å². The number of hydrogen-bond donors (Lipinski definition) is 3. The third kappa shape index (κ3) is 5.39. The van der Waals surface area contributed by atoms with Crippen LogP contribution in [0.4, 0.5) is 17.1 Å². The number of anilines is 3. The van der Waals surface area contributed by atoms with Gasteiger partial charge in [-0.1, -0.05) is 13.8 Å². The first-order valence-corrected chi connectivity index (χ1v) is 7.82. The normalized spacial score (nSPS) is 10.3. The maximum absolute atomic E-state index is 12.1. The molecule has 0 saturated heterocycles. The molecule has 0 spiro atoms. The monoisotopic (exact) mass is 326 g/mol. The van der Waals surface area contributed by atoms with Crippen molar-refractivity contribution in [3.63, 3.8) is 0 Å². The molecule has 24 heavy (non-hydrogen) atoms. The Labute approximate surface area is 141 Å². The van der Waals surface area contributed by atoms with Gasteiger partial charge in [0.2, 0.25) is 5.91 Å². The first-order chi connectivity index (χ1) is 11.4. The maximum Gasteiger partial charge on any atom is 0.252 e. The second-order valence-electron chi connectivity index (χ2n) is 5.95. The number of aromatic nitrogens is 1. The quantitative estimate of drug-likeness (QED) is 0.761. The van der Waals surface area contributed by atoms with E-state index in [-0.39, 0.29) is 11.8 Å². The van der Waals surface area contributed by atoms with E-state index >= 15 is 0 Å². The fraction of sp³-hybridized carbons (Fsp3) is 0.278. The molecule has 0 bridgehead atoms. The second kappa shape index (κ2) is 8.10. The summed E-state index contributed by atoms with van der Waals surface area (Å²) in [5.41, 5.74) is 2.80. The molecule has 3 N–H and O–H groups in total. The van der Waals surface area contributed by atoms with Crippen LogP contribution in [0.25, 0.3) is 0 Å². The van der Waals surface area contributed by atoms with Crippen molar-refractivity contribution in [1.82, 2.24) is 10.3 Å². The molecular weight excluding hydrogens is 304 g/mol. The van der Waals surface area contributed by atoms with E-state index in [9.17, 15) is 9.59 Å². The third-order valence-electron chi connectivity index (χ3n) is 3.17. The topological polar surface area (TPSA) is 83.1 Å². The summed E-state index contributed by atoms with van der Waals surface area (Å²) in [5.74, 6) is 0.145. The zero-order valence-electron chi connectivity index (χ0n) is 14.1. The third-order valence-corrected chi connectivity index (χ3v) is 3.17. The van der Waals surface area contributed by atoms with Crippen LogP contribution in [0.3, 0.4) is 0 Å². The van der Waals surface area contributed by atoms with Gasteiger partial charge in [0.1, 0.15) is 0 Å². The van der Waals surface area contributed by atoms with Crippen LogP contribution in [0.2, 0.25) is 0 Å². The fourth-order valence-electron chi connectivity index (χ4n) is 2.04. The smallest absolute Gasteiger partial charge is 0.252 e.